The molecule has 10 heteroatoms. The molecule has 35 heavy (non-hydrogen) atoms. The number of carbonyl (C=O) groups excluding carboxylic acids is 1. The van der Waals surface area contributed by atoms with Crippen molar-refractivity contribution in [3.63, 3.8) is 0 Å². The van der Waals surface area contributed by atoms with Crippen LogP contribution in [0.4, 0.5) is 29.3 Å². The zero-order valence-corrected chi connectivity index (χ0v) is 18.6. The van der Waals surface area contributed by atoms with Crippen LogP contribution in [-0.2, 0) is 0 Å². The van der Waals surface area contributed by atoms with Crippen LogP contribution in [0.3, 0.4) is 0 Å². The fourth-order valence-corrected chi connectivity index (χ4v) is 3.79. The van der Waals surface area contributed by atoms with E-state index >= 15 is 0 Å². The first-order valence-corrected chi connectivity index (χ1v) is 10.8. The molecular formula is C25H21F3N4O3. The molecule has 2 heterocycles. The van der Waals surface area contributed by atoms with Crippen molar-refractivity contribution in [2.45, 2.75) is 19.8 Å². The van der Waals surface area contributed by atoms with E-state index in [4.69, 9.17) is 0 Å². The molecule has 7 nitrogen and oxygen atoms in total. The van der Waals surface area contributed by atoms with Crippen molar-refractivity contribution in [2.24, 2.45) is 0 Å². The predicted molar refractivity (Wildman–Crippen MR) is 127 cm³/mol. The summed E-state index contributed by atoms with van der Waals surface area (Å²) in [6.45, 7) is 1.91. The number of hydrogen-bond donors (Lipinski definition) is 3. The van der Waals surface area contributed by atoms with Crippen LogP contribution in [0.1, 0.15) is 19.8 Å². The molecule has 0 saturated carbocycles. The molecule has 4 rings (SSSR count). The molecule has 0 radical (unpaired) electrons. The lowest BCUT2D eigenvalue weighted by molar-refractivity contribution is 0.256. The van der Waals surface area contributed by atoms with Gasteiger partial charge in [-0.2, -0.15) is 0 Å². The smallest absolute Gasteiger partial charge is 0.326 e. The number of rotatable bonds is 6. The summed E-state index contributed by atoms with van der Waals surface area (Å²) in [5.74, 6) is -3.79. The number of amides is 2. The Kier molecular flexibility index (Phi) is 6.72. The highest BCUT2D eigenvalue weighted by atomic mass is 19.1. The Labute approximate surface area is 197 Å². The lowest BCUT2D eigenvalue weighted by atomic mass is 9.99. The largest absolute Gasteiger partial charge is 0.508 e. The molecule has 0 saturated heterocycles. The summed E-state index contributed by atoms with van der Waals surface area (Å²) in [6.07, 6.45) is 2.61. The number of aromatic hydroxyl groups is 1. The average molecular weight is 482 g/mol. The minimum atomic E-state index is -1.30. The number of unbranched alkanes of at least 4 members (excludes halogenated alkanes) is 1. The maximum absolute atomic E-state index is 14.2. The quantitative estimate of drug-likeness (QED) is 0.336. The highest BCUT2D eigenvalue weighted by Gasteiger charge is 2.27. The van der Waals surface area contributed by atoms with Crippen molar-refractivity contribution in [2.75, 3.05) is 16.8 Å². The van der Waals surface area contributed by atoms with Gasteiger partial charge in [-0.05, 0) is 36.2 Å². The van der Waals surface area contributed by atoms with Crippen LogP contribution in [0.2, 0.25) is 0 Å². The normalized spacial score (nSPS) is 11.0. The zero-order chi connectivity index (χ0) is 25.1. The molecule has 2 amide bonds. The van der Waals surface area contributed by atoms with Crippen LogP contribution in [0.15, 0.2) is 59.5 Å². The Bertz CT molecular complexity index is 1450. The number of H-pyrrole nitrogens is 1. The number of aromatic amines is 1. The van der Waals surface area contributed by atoms with E-state index in [2.05, 4.69) is 15.3 Å². The fraction of sp³-hybridized carbons (Fsp3) is 0.160. The van der Waals surface area contributed by atoms with Gasteiger partial charge in [-0.3, -0.25) is 9.69 Å². The Morgan fingerprint density at radius 1 is 1.11 bits per heavy atom. The molecule has 0 aliphatic rings. The Morgan fingerprint density at radius 3 is 2.54 bits per heavy atom. The lowest BCUT2D eigenvalue weighted by Crippen LogP contribution is -2.40. The van der Waals surface area contributed by atoms with Gasteiger partial charge in [0.25, 0.3) is 5.56 Å². The Morgan fingerprint density at radius 2 is 1.86 bits per heavy atom. The lowest BCUT2D eigenvalue weighted by Gasteiger charge is -2.26. The molecule has 0 spiro atoms. The minimum Gasteiger partial charge on any atom is -0.508 e. The van der Waals surface area contributed by atoms with E-state index in [0.717, 1.165) is 4.90 Å². The fourth-order valence-electron chi connectivity index (χ4n) is 3.79. The number of halogens is 3. The monoisotopic (exact) mass is 482 g/mol. The van der Waals surface area contributed by atoms with Gasteiger partial charge in [0.15, 0.2) is 11.6 Å². The second-order valence-electron chi connectivity index (χ2n) is 7.81. The van der Waals surface area contributed by atoms with Crippen molar-refractivity contribution < 1.29 is 23.1 Å². The summed E-state index contributed by atoms with van der Waals surface area (Å²) >= 11 is 0. The van der Waals surface area contributed by atoms with Crippen molar-refractivity contribution in [1.82, 2.24) is 9.97 Å². The molecule has 0 aliphatic carbocycles. The number of benzene rings is 2. The van der Waals surface area contributed by atoms with Gasteiger partial charge in [0.05, 0.1) is 0 Å². The topological polar surface area (TPSA) is 98.3 Å². The summed E-state index contributed by atoms with van der Waals surface area (Å²) in [5, 5.41) is 12.7. The Hall–Kier alpha value is -4.34. The van der Waals surface area contributed by atoms with Crippen LogP contribution in [0.25, 0.3) is 22.2 Å². The number of nitrogens with zero attached hydrogens (tertiary/aromatic N) is 2. The second-order valence-corrected chi connectivity index (χ2v) is 7.81. The van der Waals surface area contributed by atoms with Crippen LogP contribution in [0, 0.1) is 17.5 Å². The number of pyridine rings is 2. The molecule has 0 unspecified atom stereocenters. The van der Waals surface area contributed by atoms with Crippen molar-refractivity contribution >= 4 is 28.4 Å². The molecule has 0 bridgehead atoms. The van der Waals surface area contributed by atoms with Gasteiger partial charge >= 0.3 is 6.03 Å². The SMILES string of the molecule is CCCCN(C(=O)Nc1c(F)cc(F)cc1F)c1c(-c2cccc(O)c2)c2cccnc2[nH]c1=O. The molecule has 0 aliphatic heterocycles. The molecule has 3 N–H and O–H groups in total. The van der Waals surface area contributed by atoms with Crippen molar-refractivity contribution in [3.8, 4) is 16.9 Å². The first kappa shape index (κ1) is 23.8. The number of anilines is 2. The predicted octanol–water partition coefficient (Wildman–Crippen LogP) is 5.55. The third kappa shape index (κ3) is 4.81. The van der Waals surface area contributed by atoms with Crippen LogP contribution in [0.5, 0.6) is 5.75 Å². The first-order chi connectivity index (χ1) is 16.8. The van der Waals surface area contributed by atoms with E-state index in [1.807, 2.05) is 6.92 Å². The summed E-state index contributed by atoms with van der Waals surface area (Å²) in [7, 11) is 0. The van der Waals surface area contributed by atoms with Gasteiger partial charge in [0.2, 0.25) is 0 Å². The third-order valence-electron chi connectivity index (χ3n) is 5.38. The zero-order valence-electron chi connectivity index (χ0n) is 18.6. The van der Waals surface area contributed by atoms with Crippen molar-refractivity contribution in [3.05, 3.63) is 82.5 Å². The Balaban J connectivity index is 1.92. The first-order valence-electron chi connectivity index (χ1n) is 10.8. The number of urea groups is 1. The van der Waals surface area contributed by atoms with E-state index in [0.29, 0.717) is 41.5 Å². The molecule has 2 aromatic carbocycles. The number of nitrogens with one attached hydrogen (secondary N) is 2. The van der Waals surface area contributed by atoms with Gasteiger partial charge < -0.3 is 15.4 Å². The average Bonchev–Trinajstić information content (AvgIpc) is 2.81. The van der Waals surface area contributed by atoms with E-state index in [1.165, 1.54) is 18.3 Å². The maximum Gasteiger partial charge on any atom is 0.326 e. The van der Waals surface area contributed by atoms with Crippen LogP contribution < -0.4 is 15.8 Å². The van der Waals surface area contributed by atoms with Crippen LogP contribution in [-0.4, -0.2) is 27.7 Å². The summed E-state index contributed by atoms with van der Waals surface area (Å²) < 4.78 is 41.8. The number of carbonyl (C=O) groups is 1. The van der Waals surface area contributed by atoms with E-state index in [1.54, 1.807) is 24.3 Å². The number of aromatic nitrogens is 2. The van der Waals surface area contributed by atoms with Crippen molar-refractivity contribution in [1.29, 1.82) is 0 Å². The molecule has 0 fully saturated rings. The molecule has 2 aromatic heterocycles. The second kappa shape index (κ2) is 9.88. The molecule has 0 atom stereocenters. The molecular weight excluding hydrogens is 461 g/mol. The highest BCUT2D eigenvalue weighted by molar-refractivity contribution is 6.08. The van der Waals surface area contributed by atoms with E-state index < -0.39 is 34.7 Å². The third-order valence-corrected chi connectivity index (χ3v) is 5.38. The van der Waals surface area contributed by atoms with Gasteiger partial charge in [0.1, 0.15) is 28.6 Å². The maximum atomic E-state index is 14.2. The van der Waals surface area contributed by atoms with Gasteiger partial charge in [0, 0.05) is 35.8 Å². The van der Waals surface area contributed by atoms with Gasteiger partial charge in [-0.1, -0.05) is 25.5 Å². The summed E-state index contributed by atoms with van der Waals surface area (Å²) in [5.41, 5.74) is -0.607. The van der Waals surface area contributed by atoms with Gasteiger partial charge in [-0.25, -0.2) is 22.9 Å². The van der Waals surface area contributed by atoms with Gasteiger partial charge in [-0.15, -0.1) is 0 Å². The highest BCUT2D eigenvalue weighted by Crippen LogP contribution is 2.36. The minimum absolute atomic E-state index is 0.0351. The number of hydrogen-bond acceptors (Lipinski definition) is 4. The number of phenols is 1. The van der Waals surface area contributed by atoms with E-state index in [9.17, 15) is 27.9 Å². The summed E-state index contributed by atoms with van der Waals surface area (Å²) in [6, 6.07) is 9.37. The number of phenolic OH excluding ortho intramolecular Hbond substituents is 1. The number of fused-ring (bicyclic) bond motifs is 1. The van der Waals surface area contributed by atoms with Crippen LogP contribution >= 0.6 is 0 Å². The molecule has 4 aromatic rings. The molecule has 180 valence electrons. The van der Waals surface area contributed by atoms with E-state index in [-0.39, 0.29) is 23.6 Å². The summed E-state index contributed by atoms with van der Waals surface area (Å²) in [4.78, 5) is 34.5. The standard InChI is InChI=1S/C25H21F3N4O3/c1-2-3-10-32(25(35)30-21-18(27)12-15(26)13-19(21)28)22-20(14-6-4-7-16(33)11-14)17-8-5-9-29-23(17)31-24(22)34/h4-9,11-13,33H,2-3,10H2,1H3,(H,30,35)(H,29,31,34).